The zero-order chi connectivity index (χ0) is 16.3. The van der Waals surface area contributed by atoms with E-state index in [2.05, 4.69) is 4.98 Å². The number of likely N-dealkylation sites (N-methyl/N-ethyl adjacent to an activating group) is 1. The molecule has 2 atom stereocenters. The Morgan fingerprint density at radius 2 is 1.95 bits per heavy atom. The van der Waals surface area contributed by atoms with E-state index in [0.29, 0.717) is 23.9 Å². The number of benzene rings is 1. The largest absolute Gasteiger partial charge is 0.445 e. The Hall–Kier alpha value is -2.14. The average molecular weight is 302 g/mol. The molecule has 0 spiro atoms. The summed E-state index contributed by atoms with van der Waals surface area (Å²) in [6.07, 6.45) is -0.751. The van der Waals surface area contributed by atoms with Gasteiger partial charge in [0.05, 0.1) is 12.1 Å². The van der Waals surface area contributed by atoms with Gasteiger partial charge >= 0.3 is 0 Å². The Kier molecular flexibility index (Phi) is 4.98. The van der Waals surface area contributed by atoms with Crippen LogP contribution >= 0.6 is 0 Å². The van der Waals surface area contributed by atoms with Crippen LogP contribution in [-0.4, -0.2) is 33.5 Å². The molecule has 0 bridgehead atoms. The first-order valence-corrected chi connectivity index (χ1v) is 7.43. The molecule has 0 aliphatic carbocycles. The van der Waals surface area contributed by atoms with Gasteiger partial charge in [-0.1, -0.05) is 30.3 Å². The van der Waals surface area contributed by atoms with Gasteiger partial charge in [-0.2, -0.15) is 0 Å². The van der Waals surface area contributed by atoms with Crippen LogP contribution in [-0.2, 0) is 0 Å². The van der Waals surface area contributed by atoms with Crippen LogP contribution in [0.4, 0.5) is 0 Å². The number of hydrogen-bond acceptors (Lipinski definition) is 4. The predicted octanol–water partition coefficient (Wildman–Crippen LogP) is 2.88. The molecule has 118 valence electrons. The fraction of sp³-hybridized carbons (Fsp3) is 0.412. The molecule has 5 nitrogen and oxygen atoms in total. The highest BCUT2D eigenvalue weighted by molar-refractivity contribution is 5.93. The fourth-order valence-electron chi connectivity index (χ4n) is 2.58. The molecule has 22 heavy (non-hydrogen) atoms. The minimum Gasteiger partial charge on any atom is -0.445 e. The Labute approximate surface area is 130 Å². The third-order valence-electron chi connectivity index (χ3n) is 3.80. The number of rotatable bonds is 5. The summed E-state index contributed by atoms with van der Waals surface area (Å²) in [5.41, 5.74) is 1.10. The molecule has 2 aromatic rings. The van der Waals surface area contributed by atoms with E-state index >= 15 is 0 Å². The number of aromatic nitrogens is 1. The molecule has 1 N–H and O–H groups in total. The third-order valence-corrected chi connectivity index (χ3v) is 3.80. The summed E-state index contributed by atoms with van der Waals surface area (Å²) in [7, 11) is 0. The van der Waals surface area contributed by atoms with E-state index < -0.39 is 6.10 Å². The number of amides is 1. The molecule has 2 rings (SSSR count). The first-order valence-electron chi connectivity index (χ1n) is 7.43. The standard InChI is InChI=1S/C17H22N2O3/c1-5-19(17(21)15-12(3)22-13(4)18-15)11(2)16(20)14-9-7-6-8-10-14/h6-11,16,20H,5H2,1-4H3/t11-,16-/m0/s1. The number of aryl methyl sites for hydroxylation is 2. The van der Waals surface area contributed by atoms with Crippen molar-refractivity contribution in [2.45, 2.75) is 39.8 Å². The van der Waals surface area contributed by atoms with Crippen LogP contribution in [0.25, 0.3) is 0 Å². The Morgan fingerprint density at radius 3 is 2.45 bits per heavy atom. The van der Waals surface area contributed by atoms with Crippen LogP contribution in [0.5, 0.6) is 0 Å². The molecule has 1 aromatic carbocycles. The molecule has 0 aliphatic heterocycles. The van der Waals surface area contributed by atoms with Crippen LogP contribution in [0.3, 0.4) is 0 Å². The SMILES string of the molecule is CCN(C(=O)c1nc(C)oc1C)[C@@H](C)[C@H](O)c1ccccc1. The van der Waals surface area contributed by atoms with Gasteiger partial charge in [0.1, 0.15) is 5.76 Å². The van der Waals surface area contributed by atoms with E-state index in [0.717, 1.165) is 5.56 Å². The summed E-state index contributed by atoms with van der Waals surface area (Å²) < 4.78 is 5.33. The van der Waals surface area contributed by atoms with Crippen molar-refractivity contribution >= 4 is 5.91 Å². The zero-order valence-corrected chi connectivity index (χ0v) is 13.4. The zero-order valence-electron chi connectivity index (χ0n) is 13.4. The van der Waals surface area contributed by atoms with Crippen molar-refractivity contribution in [2.24, 2.45) is 0 Å². The van der Waals surface area contributed by atoms with Crippen molar-refractivity contribution in [1.82, 2.24) is 9.88 Å². The van der Waals surface area contributed by atoms with Crippen molar-refractivity contribution in [1.29, 1.82) is 0 Å². The van der Waals surface area contributed by atoms with E-state index in [1.54, 1.807) is 18.7 Å². The fourth-order valence-corrected chi connectivity index (χ4v) is 2.58. The van der Waals surface area contributed by atoms with Gasteiger partial charge in [-0.05, 0) is 26.3 Å². The van der Waals surface area contributed by atoms with Crippen molar-refractivity contribution < 1.29 is 14.3 Å². The molecule has 1 heterocycles. The van der Waals surface area contributed by atoms with E-state index in [1.807, 2.05) is 44.2 Å². The van der Waals surface area contributed by atoms with E-state index in [-0.39, 0.29) is 11.9 Å². The van der Waals surface area contributed by atoms with E-state index in [9.17, 15) is 9.90 Å². The second-order valence-electron chi connectivity index (χ2n) is 5.32. The highest BCUT2D eigenvalue weighted by Gasteiger charge is 2.29. The number of oxazole rings is 1. The topological polar surface area (TPSA) is 66.6 Å². The Morgan fingerprint density at radius 1 is 1.32 bits per heavy atom. The molecule has 5 heteroatoms. The lowest BCUT2D eigenvalue weighted by Crippen LogP contribution is -2.42. The smallest absolute Gasteiger partial charge is 0.276 e. The highest BCUT2D eigenvalue weighted by Crippen LogP contribution is 2.23. The molecule has 0 aliphatic rings. The third kappa shape index (κ3) is 3.20. The first-order chi connectivity index (χ1) is 10.5. The average Bonchev–Trinajstić information content (AvgIpc) is 2.86. The van der Waals surface area contributed by atoms with Gasteiger partial charge in [0.25, 0.3) is 5.91 Å². The van der Waals surface area contributed by atoms with Gasteiger partial charge in [0.2, 0.25) is 0 Å². The van der Waals surface area contributed by atoms with Gasteiger partial charge in [0, 0.05) is 13.5 Å². The monoisotopic (exact) mass is 302 g/mol. The molecule has 0 saturated heterocycles. The second-order valence-corrected chi connectivity index (χ2v) is 5.32. The van der Waals surface area contributed by atoms with Crippen molar-refractivity contribution in [3.8, 4) is 0 Å². The molecule has 0 unspecified atom stereocenters. The van der Waals surface area contributed by atoms with Gasteiger partial charge < -0.3 is 14.4 Å². The number of hydrogen-bond donors (Lipinski definition) is 1. The summed E-state index contributed by atoms with van der Waals surface area (Å²) >= 11 is 0. The van der Waals surface area contributed by atoms with E-state index in [1.165, 1.54) is 0 Å². The molecular formula is C17H22N2O3. The van der Waals surface area contributed by atoms with Gasteiger partial charge in [-0.25, -0.2) is 4.98 Å². The Bertz CT molecular complexity index is 637. The van der Waals surface area contributed by atoms with Crippen molar-refractivity contribution in [3.63, 3.8) is 0 Å². The van der Waals surface area contributed by atoms with Crippen molar-refractivity contribution in [2.75, 3.05) is 6.54 Å². The lowest BCUT2D eigenvalue weighted by Gasteiger charge is -2.31. The molecular weight excluding hydrogens is 280 g/mol. The number of nitrogens with zero attached hydrogens (tertiary/aromatic N) is 2. The van der Waals surface area contributed by atoms with Crippen LogP contribution in [0.1, 0.15) is 47.7 Å². The van der Waals surface area contributed by atoms with Crippen LogP contribution in [0.2, 0.25) is 0 Å². The lowest BCUT2D eigenvalue weighted by molar-refractivity contribution is 0.0414. The second kappa shape index (κ2) is 6.75. The molecule has 0 fully saturated rings. The van der Waals surface area contributed by atoms with Gasteiger partial charge in [-0.3, -0.25) is 4.79 Å². The maximum absolute atomic E-state index is 12.7. The van der Waals surface area contributed by atoms with Crippen molar-refractivity contribution in [3.05, 3.63) is 53.2 Å². The number of aliphatic hydroxyl groups excluding tert-OH is 1. The van der Waals surface area contributed by atoms with Gasteiger partial charge in [-0.15, -0.1) is 0 Å². The summed E-state index contributed by atoms with van der Waals surface area (Å²) in [6, 6.07) is 8.97. The maximum Gasteiger partial charge on any atom is 0.276 e. The van der Waals surface area contributed by atoms with Crippen LogP contribution < -0.4 is 0 Å². The normalized spacial score (nSPS) is 13.7. The molecule has 1 amide bonds. The van der Waals surface area contributed by atoms with Gasteiger partial charge in [0.15, 0.2) is 11.6 Å². The molecule has 0 saturated carbocycles. The minimum absolute atomic E-state index is 0.223. The minimum atomic E-state index is -0.751. The summed E-state index contributed by atoms with van der Waals surface area (Å²) in [4.78, 5) is 18.4. The quantitative estimate of drug-likeness (QED) is 0.922. The highest BCUT2D eigenvalue weighted by atomic mass is 16.4. The van der Waals surface area contributed by atoms with E-state index in [4.69, 9.17) is 4.42 Å². The molecule has 1 aromatic heterocycles. The summed E-state index contributed by atoms with van der Waals surface area (Å²) in [5.74, 6) is 0.745. The lowest BCUT2D eigenvalue weighted by atomic mass is 10.0. The summed E-state index contributed by atoms with van der Waals surface area (Å²) in [6.45, 7) is 7.63. The number of aliphatic hydroxyl groups is 1. The predicted molar refractivity (Wildman–Crippen MR) is 83.6 cm³/mol. The van der Waals surface area contributed by atoms with Crippen LogP contribution in [0.15, 0.2) is 34.7 Å². The molecule has 0 radical (unpaired) electrons. The Balaban J connectivity index is 2.23. The summed E-state index contributed by atoms with van der Waals surface area (Å²) in [5, 5.41) is 10.5. The number of carbonyl (C=O) groups excluding carboxylic acids is 1. The number of carbonyl (C=O) groups is 1. The maximum atomic E-state index is 12.7. The van der Waals surface area contributed by atoms with Crippen LogP contribution in [0, 0.1) is 13.8 Å². The first kappa shape index (κ1) is 16.2.